The Morgan fingerprint density at radius 2 is 1.92 bits per heavy atom. The normalized spacial score (nSPS) is 10.8. The molecule has 1 aromatic heterocycles. The zero-order valence-corrected chi connectivity index (χ0v) is 13.5. The minimum Gasteiger partial charge on any atom is -0.392 e. The van der Waals surface area contributed by atoms with Crippen LogP contribution in [0.1, 0.15) is 18.9 Å². The molecule has 0 atom stereocenters. The van der Waals surface area contributed by atoms with Crippen LogP contribution in [0.15, 0.2) is 42.5 Å². The number of urea groups is 1. The Bertz CT molecular complexity index is 840. The molecule has 0 fully saturated rings. The molecule has 4 N–H and O–H groups in total. The molecule has 0 saturated heterocycles. The average Bonchev–Trinajstić information content (AvgIpc) is 3.02. The smallest absolute Gasteiger partial charge is 0.320 e. The van der Waals surface area contributed by atoms with Gasteiger partial charge in [0.15, 0.2) is 5.82 Å². The number of aliphatic hydroxyl groups is 1. The number of fused-ring (bicyclic) bond motifs is 1. The molecule has 2 amide bonds. The van der Waals surface area contributed by atoms with E-state index in [1.54, 1.807) is 0 Å². The fourth-order valence-electron chi connectivity index (χ4n) is 2.49. The summed E-state index contributed by atoms with van der Waals surface area (Å²) in [6.45, 7) is 2.66. The van der Waals surface area contributed by atoms with E-state index in [9.17, 15) is 4.79 Å². The molecular formula is C18H20N4O2. The first-order valence-corrected chi connectivity index (χ1v) is 7.94. The van der Waals surface area contributed by atoms with Gasteiger partial charge in [0.25, 0.3) is 0 Å². The Labute approximate surface area is 139 Å². The maximum atomic E-state index is 11.8. The highest BCUT2D eigenvalue weighted by molar-refractivity contribution is 6.00. The van der Waals surface area contributed by atoms with Crippen molar-refractivity contribution >= 4 is 22.8 Å². The number of hydrogen-bond donors (Lipinski definition) is 4. The summed E-state index contributed by atoms with van der Waals surface area (Å²) in [7, 11) is 0. The first kappa shape index (κ1) is 16.0. The van der Waals surface area contributed by atoms with Crippen molar-refractivity contribution in [1.29, 1.82) is 0 Å². The van der Waals surface area contributed by atoms with Gasteiger partial charge in [-0.05, 0) is 35.2 Å². The van der Waals surface area contributed by atoms with Crippen LogP contribution in [0.3, 0.4) is 0 Å². The van der Waals surface area contributed by atoms with Gasteiger partial charge in [0.2, 0.25) is 0 Å². The summed E-state index contributed by atoms with van der Waals surface area (Å²) in [5.41, 5.74) is 3.83. The number of carbonyl (C=O) groups excluding carboxylic acids is 1. The van der Waals surface area contributed by atoms with Crippen LogP contribution in [-0.2, 0) is 6.61 Å². The third-order valence-electron chi connectivity index (χ3n) is 3.80. The van der Waals surface area contributed by atoms with E-state index < -0.39 is 0 Å². The summed E-state index contributed by atoms with van der Waals surface area (Å²) in [5, 5.41) is 22.6. The number of nitrogens with zero attached hydrogens (tertiary/aromatic N) is 1. The van der Waals surface area contributed by atoms with Gasteiger partial charge in [0.1, 0.15) is 0 Å². The zero-order valence-electron chi connectivity index (χ0n) is 13.5. The predicted octanol–water partition coefficient (Wildman–Crippen LogP) is 3.25. The molecule has 0 saturated carbocycles. The zero-order chi connectivity index (χ0) is 16.9. The molecule has 0 unspecified atom stereocenters. The minimum atomic E-state index is -0.256. The number of amides is 2. The van der Waals surface area contributed by atoms with Gasteiger partial charge in [-0.15, -0.1) is 0 Å². The lowest BCUT2D eigenvalue weighted by molar-refractivity contribution is 0.252. The Hall–Kier alpha value is -2.86. The minimum absolute atomic E-state index is 0.0367. The fraction of sp³-hybridized carbons (Fsp3) is 0.222. The number of benzene rings is 2. The molecular weight excluding hydrogens is 304 g/mol. The van der Waals surface area contributed by atoms with Crippen molar-refractivity contribution in [3.63, 3.8) is 0 Å². The molecule has 1 heterocycles. The van der Waals surface area contributed by atoms with E-state index in [1.807, 2.05) is 49.4 Å². The van der Waals surface area contributed by atoms with Gasteiger partial charge in [0, 0.05) is 11.9 Å². The number of hydrogen-bond acceptors (Lipinski definition) is 3. The number of nitrogens with one attached hydrogen (secondary N) is 3. The quantitative estimate of drug-likeness (QED) is 0.581. The van der Waals surface area contributed by atoms with Crippen molar-refractivity contribution in [3.8, 4) is 11.1 Å². The highest BCUT2D eigenvalue weighted by atomic mass is 16.3. The summed E-state index contributed by atoms with van der Waals surface area (Å²) < 4.78 is 0. The monoisotopic (exact) mass is 324 g/mol. The Morgan fingerprint density at radius 1 is 1.17 bits per heavy atom. The molecule has 3 aromatic rings. The molecule has 0 aliphatic carbocycles. The third-order valence-corrected chi connectivity index (χ3v) is 3.80. The maximum Gasteiger partial charge on any atom is 0.320 e. The van der Waals surface area contributed by atoms with Gasteiger partial charge in [0.05, 0.1) is 12.1 Å². The number of carbonyl (C=O) groups is 1. The number of aliphatic hydroxyl groups excluding tert-OH is 1. The van der Waals surface area contributed by atoms with E-state index in [-0.39, 0.29) is 12.6 Å². The van der Waals surface area contributed by atoms with Crippen molar-refractivity contribution in [2.24, 2.45) is 0 Å². The molecule has 0 bridgehead atoms. The topological polar surface area (TPSA) is 90.0 Å². The number of rotatable bonds is 5. The summed E-state index contributed by atoms with van der Waals surface area (Å²) >= 11 is 0. The van der Waals surface area contributed by atoms with Crippen LogP contribution < -0.4 is 10.6 Å². The average molecular weight is 324 g/mol. The van der Waals surface area contributed by atoms with Crippen LogP contribution >= 0.6 is 0 Å². The van der Waals surface area contributed by atoms with Crippen LogP contribution in [0.2, 0.25) is 0 Å². The first-order chi connectivity index (χ1) is 11.7. The van der Waals surface area contributed by atoms with Crippen molar-refractivity contribution in [1.82, 2.24) is 15.5 Å². The SMILES string of the molecule is CCCNC(=O)Nc1n[nH]c2cc(-c3ccc(CO)cc3)ccc12. The van der Waals surface area contributed by atoms with Crippen LogP contribution in [0, 0.1) is 0 Å². The molecule has 124 valence electrons. The Balaban J connectivity index is 1.83. The second kappa shape index (κ2) is 7.14. The Morgan fingerprint density at radius 3 is 2.62 bits per heavy atom. The molecule has 0 aliphatic rings. The highest BCUT2D eigenvalue weighted by Crippen LogP contribution is 2.27. The molecule has 3 rings (SSSR count). The molecule has 0 aliphatic heterocycles. The van der Waals surface area contributed by atoms with Gasteiger partial charge in [-0.2, -0.15) is 5.10 Å². The van der Waals surface area contributed by atoms with Crippen LogP contribution in [0.4, 0.5) is 10.6 Å². The van der Waals surface area contributed by atoms with Crippen LogP contribution in [-0.4, -0.2) is 27.9 Å². The van der Waals surface area contributed by atoms with Crippen molar-refractivity contribution in [2.75, 3.05) is 11.9 Å². The molecule has 0 spiro atoms. The van der Waals surface area contributed by atoms with E-state index in [4.69, 9.17) is 5.11 Å². The van der Waals surface area contributed by atoms with Gasteiger partial charge in [-0.1, -0.05) is 37.3 Å². The predicted molar refractivity (Wildman–Crippen MR) is 94.8 cm³/mol. The molecule has 0 radical (unpaired) electrons. The van der Waals surface area contributed by atoms with Crippen molar-refractivity contribution < 1.29 is 9.90 Å². The largest absolute Gasteiger partial charge is 0.392 e. The van der Waals surface area contributed by atoms with Crippen LogP contribution in [0.5, 0.6) is 0 Å². The summed E-state index contributed by atoms with van der Waals surface area (Å²) in [5.74, 6) is 0.515. The second-order valence-corrected chi connectivity index (χ2v) is 5.57. The van der Waals surface area contributed by atoms with Gasteiger partial charge in [-0.25, -0.2) is 4.79 Å². The third kappa shape index (κ3) is 3.38. The lowest BCUT2D eigenvalue weighted by Crippen LogP contribution is -2.29. The van der Waals surface area contributed by atoms with Crippen LogP contribution in [0.25, 0.3) is 22.0 Å². The molecule has 6 nitrogen and oxygen atoms in total. The summed E-state index contributed by atoms with van der Waals surface area (Å²) in [6.07, 6.45) is 0.882. The van der Waals surface area contributed by atoms with E-state index in [1.165, 1.54) is 0 Å². The molecule has 6 heteroatoms. The van der Waals surface area contributed by atoms with Crippen molar-refractivity contribution in [2.45, 2.75) is 20.0 Å². The van der Waals surface area contributed by atoms with E-state index >= 15 is 0 Å². The molecule has 2 aromatic carbocycles. The Kier molecular flexibility index (Phi) is 4.77. The van der Waals surface area contributed by atoms with Crippen molar-refractivity contribution in [3.05, 3.63) is 48.0 Å². The van der Waals surface area contributed by atoms with E-state index in [2.05, 4.69) is 20.8 Å². The lowest BCUT2D eigenvalue weighted by atomic mass is 10.0. The van der Waals surface area contributed by atoms with Gasteiger partial charge < -0.3 is 10.4 Å². The summed E-state index contributed by atoms with van der Waals surface area (Å²) in [6, 6.07) is 13.4. The van der Waals surface area contributed by atoms with Gasteiger partial charge in [-0.3, -0.25) is 10.4 Å². The van der Waals surface area contributed by atoms with E-state index in [0.29, 0.717) is 12.4 Å². The number of aromatic nitrogens is 2. The number of aromatic amines is 1. The summed E-state index contributed by atoms with van der Waals surface area (Å²) in [4.78, 5) is 11.8. The fourth-order valence-corrected chi connectivity index (χ4v) is 2.49. The first-order valence-electron chi connectivity index (χ1n) is 7.94. The number of anilines is 1. The van der Waals surface area contributed by atoms with Gasteiger partial charge >= 0.3 is 6.03 Å². The number of H-pyrrole nitrogens is 1. The maximum absolute atomic E-state index is 11.8. The molecule has 24 heavy (non-hydrogen) atoms. The van der Waals surface area contributed by atoms with E-state index in [0.717, 1.165) is 34.0 Å². The highest BCUT2D eigenvalue weighted by Gasteiger charge is 2.10. The lowest BCUT2D eigenvalue weighted by Gasteiger charge is -2.05. The second-order valence-electron chi connectivity index (χ2n) is 5.57. The standard InChI is InChI=1S/C18H20N4O2/c1-2-9-19-18(24)20-17-15-8-7-14(10-16(15)21-22-17)13-5-3-12(11-23)4-6-13/h3-8,10,23H,2,9,11H2,1H3,(H3,19,20,21,22,24).